The Morgan fingerprint density at radius 2 is 1.12 bits per heavy atom. The van der Waals surface area contributed by atoms with E-state index in [0.717, 1.165) is 22.3 Å². The molecule has 24 heavy (non-hydrogen) atoms. The van der Waals surface area contributed by atoms with Crippen LogP contribution >= 0.6 is 0 Å². The van der Waals surface area contributed by atoms with E-state index in [1.807, 2.05) is 42.5 Å². The summed E-state index contributed by atoms with van der Waals surface area (Å²) in [7, 11) is 0. The van der Waals surface area contributed by atoms with Gasteiger partial charge in [-0.1, -0.05) is 71.9 Å². The summed E-state index contributed by atoms with van der Waals surface area (Å²) in [6.07, 6.45) is 0. The van der Waals surface area contributed by atoms with E-state index >= 15 is 0 Å². The van der Waals surface area contributed by atoms with E-state index in [-0.39, 0.29) is 10.8 Å². The third-order valence-corrected chi connectivity index (χ3v) is 4.46. The number of hydrogen-bond acceptors (Lipinski definition) is 3. The molecule has 3 nitrogen and oxygen atoms in total. The molecule has 0 radical (unpaired) electrons. The van der Waals surface area contributed by atoms with E-state index in [0.29, 0.717) is 5.75 Å². The fourth-order valence-electron chi connectivity index (χ4n) is 2.90. The van der Waals surface area contributed by atoms with Crippen molar-refractivity contribution >= 4 is 0 Å². The maximum Gasteiger partial charge on any atom is 0.123 e. The van der Waals surface area contributed by atoms with Gasteiger partial charge in [-0.15, -0.1) is 0 Å². The zero-order valence-corrected chi connectivity index (χ0v) is 15.6. The highest BCUT2D eigenvalue weighted by Gasteiger charge is 2.32. The molecule has 0 unspecified atom stereocenters. The first-order chi connectivity index (χ1) is 10.8. The summed E-state index contributed by atoms with van der Waals surface area (Å²) < 4.78 is 0. The molecule has 0 aliphatic rings. The van der Waals surface area contributed by atoms with Crippen molar-refractivity contribution in [3.05, 3.63) is 64.7 Å². The number of benzene rings is 2. The van der Waals surface area contributed by atoms with Crippen LogP contribution in [-0.2, 0) is 16.5 Å². The van der Waals surface area contributed by atoms with E-state index in [2.05, 4.69) is 41.5 Å². The SMILES string of the molecule is CC(C)(C)c1cc(C(N)(N)c2ccccc2)cc(C(C)(C)C)c1O. The minimum absolute atomic E-state index is 0.215. The number of aromatic hydroxyl groups is 1. The number of phenols is 1. The smallest absolute Gasteiger partial charge is 0.123 e. The lowest BCUT2D eigenvalue weighted by molar-refractivity contribution is 0.420. The van der Waals surface area contributed by atoms with Crippen LogP contribution in [0.1, 0.15) is 63.8 Å². The molecule has 0 bridgehead atoms. The van der Waals surface area contributed by atoms with Crippen molar-refractivity contribution in [3.63, 3.8) is 0 Å². The lowest BCUT2D eigenvalue weighted by Gasteiger charge is -2.32. The molecule has 2 aromatic carbocycles. The minimum Gasteiger partial charge on any atom is -0.507 e. The van der Waals surface area contributed by atoms with Gasteiger partial charge in [0.1, 0.15) is 11.4 Å². The predicted octanol–water partition coefficient (Wildman–Crippen LogP) is 4.11. The highest BCUT2D eigenvalue weighted by Crippen LogP contribution is 2.41. The molecule has 0 heterocycles. The molecule has 0 atom stereocenters. The van der Waals surface area contributed by atoms with Gasteiger partial charge < -0.3 is 16.6 Å². The number of hydrogen-bond donors (Lipinski definition) is 3. The Morgan fingerprint density at radius 1 is 0.708 bits per heavy atom. The summed E-state index contributed by atoms with van der Waals surface area (Å²) >= 11 is 0. The quantitative estimate of drug-likeness (QED) is 0.727. The molecular weight excluding hydrogens is 296 g/mol. The van der Waals surface area contributed by atoms with Gasteiger partial charge in [0.25, 0.3) is 0 Å². The molecule has 0 amide bonds. The summed E-state index contributed by atoms with van der Waals surface area (Å²) in [5, 5.41) is 10.8. The maximum absolute atomic E-state index is 10.8. The fraction of sp³-hybridized carbons (Fsp3) is 0.429. The zero-order valence-electron chi connectivity index (χ0n) is 15.6. The molecular formula is C21H30N2O. The largest absolute Gasteiger partial charge is 0.507 e. The van der Waals surface area contributed by atoms with Crippen molar-refractivity contribution in [2.75, 3.05) is 0 Å². The van der Waals surface area contributed by atoms with Crippen molar-refractivity contribution in [3.8, 4) is 5.75 Å². The van der Waals surface area contributed by atoms with E-state index in [9.17, 15) is 5.11 Å². The highest BCUT2D eigenvalue weighted by molar-refractivity contribution is 5.53. The first-order valence-electron chi connectivity index (χ1n) is 8.37. The molecule has 2 aromatic rings. The molecule has 0 saturated carbocycles. The van der Waals surface area contributed by atoms with Gasteiger partial charge in [0, 0.05) is 0 Å². The molecule has 0 aliphatic carbocycles. The second kappa shape index (κ2) is 5.91. The summed E-state index contributed by atoms with van der Waals surface area (Å²) in [5.41, 5.74) is 14.9. The van der Waals surface area contributed by atoms with Crippen LogP contribution in [0.15, 0.2) is 42.5 Å². The van der Waals surface area contributed by atoms with Gasteiger partial charge in [0.15, 0.2) is 0 Å². The predicted molar refractivity (Wildman–Crippen MR) is 101 cm³/mol. The summed E-state index contributed by atoms with van der Waals surface area (Å²) in [6.45, 7) is 12.5. The number of phenolic OH excluding ortho intramolecular Hbond substituents is 1. The summed E-state index contributed by atoms with van der Waals surface area (Å²) in [5.74, 6) is 0.336. The molecule has 2 rings (SSSR count). The lowest BCUT2D eigenvalue weighted by atomic mass is 9.76. The monoisotopic (exact) mass is 326 g/mol. The highest BCUT2D eigenvalue weighted by atomic mass is 16.3. The van der Waals surface area contributed by atoms with Gasteiger partial charge in [-0.3, -0.25) is 0 Å². The van der Waals surface area contributed by atoms with Crippen LogP contribution in [-0.4, -0.2) is 5.11 Å². The van der Waals surface area contributed by atoms with E-state index in [4.69, 9.17) is 11.5 Å². The summed E-state index contributed by atoms with van der Waals surface area (Å²) in [4.78, 5) is 0. The molecule has 130 valence electrons. The third kappa shape index (κ3) is 3.47. The Balaban J connectivity index is 2.76. The van der Waals surface area contributed by atoms with Crippen molar-refractivity contribution < 1.29 is 5.11 Å². The normalized spacial score (nSPS) is 13.2. The van der Waals surface area contributed by atoms with E-state index in [1.54, 1.807) is 0 Å². The van der Waals surface area contributed by atoms with Gasteiger partial charge in [0.2, 0.25) is 0 Å². The van der Waals surface area contributed by atoms with Crippen LogP contribution in [0.4, 0.5) is 0 Å². The van der Waals surface area contributed by atoms with Crippen molar-refractivity contribution in [1.82, 2.24) is 0 Å². The van der Waals surface area contributed by atoms with Crippen molar-refractivity contribution in [2.45, 2.75) is 58.0 Å². The van der Waals surface area contributed by atoms with Gasteiger partial charge in [-0.2, -0.15) is 0 Å². The van der Waals surface area contributed by atoms with Crippen molar-refractivity contribution in [2.24, 2.45) is 11.5 Å². The topological polar surface area (TPSA) is 72.3 Å². The molecule has 5 N–H and O–H groups in total. The van der Waals surface area contributed by atoms with Crippen LogP contribution in [0.25, 0.3) is 0 Å². The van der Waals surface area contributed by atoms with Gasteiger partial charge in [-0.25, -0.2) is 0 Å². The first-order valence-corrected chi connectivity index (χ1v) is 8.37. The molecule has 3 heteroatoms. The number of nitrogens with two attached hydrogens (primary N) is 2. The van der Waals surface area contributed by atoms with Crippen LogP contribution in [0.3, 0.4) is 0 Å². The summed E-state index contributed by atoms with van der Waals surface area (Å²) in [6, 6.07) is 13.5. The first kappa shape index (κ1) is 18.5. The average molecular weight is 326 g/mol. The Labute approximate surface area is 145 Å². The van der Waals surface area contributed by atoms with Crippen LogP contribution in [0.2, 0.25) is 0 Å². The molecule has 0 aromatic heterocycles. The van der Waals surface area contributed by atoms with E-state index < -0.39 is 5.66 Å². The second-order valence-corrected chi connectivity index (χ2v) is 8.66. The van der Waals surface area contributed by atoms with Crippen LogP contribution in [0, 0.1) is 0 Å². The van der Waals surface area contributed by atoms with Gasteiger partial charge in [0.05, 0.1) is 0 Å². The van der Waals surface area contributed by atoms with Crippen LogP contribution < -0.4 is 11.5 Å². The lowest BCUT2D eigenvalue weighted by Crippen LogP contribution is -2.47. The third-order valence-electron chi connectivity index (χ3n) is 4.46. The van der Waals surface area contributed by atoms with Gasteiger partial charge >= 0.3 is 0 Å². The number of rotatable bonds is 2. The van der Waals surface area contributed by atoms with E-state index in [1.165, 1.54) is 0 Å². The molecule has 0 spiro atoms. The standard InChI is InChI=1S/C21H30N2O/c1-19(2,3)16-12-15(13-17(18(16)24)20(4,5)6)21(22,23)14-10-8-7-9-11-14/h7-13,24H,22-23H2,1-6H3. The zero-order chi connectivity index (χ0) is 18.3. The Morgan fingerprint density at radius 3 is 1.50 bits per heavy atom. The maximum atomic E-state index is 10.8. The molecule has 0 fully saturated rings. The average Bonchev–Trinajstić information content (AvgIpc) is 2.45. The Hall–Kier alpha value is -1.84. The fourth-order valence-corrected chi connectivity index (χ4v) is 2.90. The molecule has 0 saturated heterocycles. The molecule has 0 aliphatic heterocycles. The van der Waals surface area contributed by atoms with Crippen LogP contribution in [0.5, 0.6) is 5.75 Å². The Kier molecular flexibility index (Phi) is 4.55. The van der Waals surface area contributed by atoms with Crippen molar-refractivity contribution in [1.29, 1.82) is 0 Å². The second-order valence-electron chi connectivity index (χ2n) is 8.66. The van der Waals surface area contributed by atoms with Gasteiger partial charge in [-0.05, 0) is 45.2 Å². The Bertz CT molecular complexity index is 685. The minimum atomic E-state index is -1.12.